The highest BCUT2D eigenvalue weighted by Gasteiger charge is 2.13. The highest BCUT2D eigenvalue weighted by molar-refractivity contribution is 7.90. The smallest absolute Gasteiger partial charge is 0.271 e. The summed E-state index contributed by atoms with van der Waals surface area (Å²) in [6.07, 6.45) is 0. The Hall–Kier alpha value is -1.16. The van der Waals surface area contributed by atoms with E-state index in [2.05, 4.69) is 9.44 Å². The number of nitrogens with one attached hydrogen (secondary N) is 2. The molecule has 0 saturated heterocycles. The minimum absolute atomic E-state index is 0.0635. The Bertz CT molecular complexity index is 638. The van der Waals surface area contributed by atoms with Crippen LogP contribution in [0.2, 0.25) is 0 Å². The zero-order chi connectivity index (χ0) is 14.0. The van der Waals surface area contributed by atoms with Crippen LogP contribution in [0.5, 0.6) is 0 Å². The summed E-state index contributed by atoms with van der Waals surface area (Å²) in [5.41, 5.74) is 0.756. The Kier molecular flexibility index (Phi) is 4.32. The fourth-order valence-corrected chi connectivity index (χ4v) is 2.87. The number of aryl methyl sites for hydroxylation is 1. The van der Waals surface area contributed by atoms with Gasteiger partial charge < -0.3 is 0 Å². The number of primary sulfonamides is 1. The van der Waals surface area contributed by atoms with Crippen molar-refractivity contribution in [3.63, 3.8) is 0 Å². The highest BCUT2D eigenvalue weighted by Crippen LogP contribution is 2.19. The SMILES string of the molecule is CCNS(=O)(=O)Nc1ccc(S(N)(=O)=O)cc1C. The first-order valence-corrected chi connectivity index (χ1v) is 8.09. The molecule has 1 rings (SSSR count). The molecule has 9 heteroatoms. The van der Waals surface area contributed by atoms with Gasteiger partial charge in [-0.15, -0.1) is 0 Å². The van der Waals surface area contributed by atoms with E-state index in [9.17, 15) is 16.8 Å². The summed E-state index contributed by atoms with van der Waals surface area (Å²) in [6, 6.07) is 3.90. The summed E-state index contributed by atoms with van der Waals surface area (Å²) in [7, 11) is -7.43. The number of rotatable bonds is 5. The van der Waals surface area contributed by atoms with Gasteiger partial charge in [-0.05, 0) is 30.7 Å². The summed E-state index contributed by atoms with van der Waals surface area (Å²) in [5, 5.41) is 4.97. The Balaban J connectivity index is 3.08. The predicted molar refractivity (Wildman–Crippen MR) is 68.8 cm³/mol. The third-order valence-electron chi connectivity index (χ3n) is 2.11. The Labute approximate surface area is 107 Å². The maximum Gasteiger partial charge on any atom is 0.299 e. The first kappa shape index (κ1) is 14.9. The molecule has 7 nitrogen and oxygen atoms in total. The average Bonchev–Trinajstić information content (AvgIpc) is 2.19. The monoisotopic (exact) mass is 293 g/mol. The van der Waals surface area contributed by atoms with Gasteiger partial charge in [-0.2, -0.15) is 13.1 Å². The zero-order valence-electron chi connectivity index (χ0n) is 9.97. The summed E-state index contributed by atoms with van der Waals surface area (Å²) >= 11 is 0. The summed E-state index contributed by atoms with van der Waals surface area (Å²) in [6.45, 7) is 3.48. The number of hydrogen-bond acceptors (Lipinski definition) is 4. The lowest BCUT2D eigenvalue weighted by molar-refractivity contribution is 0.589. The van der Waals surface area contributed by atoms with Crippen LogP contribution in [0, 0.1) is 6.92 Å². The van der Waals surface area contributed by atoms with Crippen molar-refractivity contribution in [1.82, 2.24) is 4.72 Å². The number of sulfonamides is 1. The van der Waals surface area contributed by atoms with E-state index in [0.29, 0.717) is 11.3 Å². The minimum Gasteiger partial charge on any atom is -0.271 e. The number of anilines is 1. The van der Waals surface area contributed by atoms with Gasteiger partial charge in [0.05, 0.1) is 10.6 Å². The van der Waals surface area contributed by atoms with E-state index >= 15 is 0 Å². The molecule has 0 radical (unpaired) electrons. The van der Waals surface area contributed by atoms with E-state index in [-0.39, 0.29) is 11.4 Å². The van der Waals surface area contributed by atoms with Gasteiger partial charge in [0, 0.05) is 6.54 Å². The molecule has 0 amide bonds. The fourth-order valence-electron chi connectivity index (χ4n) is 1.30. The Morgan fingerprint density at radius 3 is 2.28 bits per heavy atom. The van der Waals surface area contributed by atoms with Gasteiger partial charge in [-0.25, -0.2) is 13.6 Å². The molecule has 1 aromatic rings. The molecule has 0 aliphatic carbocycles. The van der Waals surface area contributed by atoms with Crippen LogP contribution in [0.15, 0.2) is 23.1 Å². The molecule has 18 heavy (non-hydrogen) atoms. The summed E-state index contributed by atoms with van der Waals surface area (Å²) in [4.78, 5) is -0.0635. The van der Waals surface area contributed by atoms with Gasteiger partial charge >= 0.3 is 0 Å². The first-order chi connectivity index (χ1) is 8.15. The van der Waals surface area contributed by atoms with Crippen LogP contribution in [0.1, 0.15) is 12.5 Å². The largest absolute Gasteiger partial charge is 0.299 e. The van der Waals surface area contributed by atoms with Crippen molar-refractivity contribution in [3.05, 3.63) is 23.8 Å². The molecule has 4 N–H and O–H groups in total. The third-order valence-corrected chi connectivity index (χ3v) is 4.17. The molecular formula is C9H15N3O4S2. The van der Waals surface area contributed by atoms with Crippen LogP contribution in [0.3, 0.4) is 0 Å². The van der Waals surface area contributed by atoms with Crippen molar-refractivity contribution in [3.8, 4) is 0 Å². The van der Waals surface area contributed by atoms with Crippen LogP contribution in [-0.4, -0.2) is 23.4 Å². The van der Waals surface area contributed by atoms with E-state index < -0.39 is 20.2 Å². The molecule has 0 atom stereocenters. The van der Waals surface area contributed by atoms with Crippen LogP contribution >= 0.6 is 0 Å². The molecule has 0 aromatic heterocycles. The Morgan fingerprint density at radius 2 is 1.83 bits per heavy atom. The topological polar surface area (TPSA) is 118 Å². The molecule has 0 heterocycles. The molecule has 102 valence electrons. The second-order valence-electron chi connectivity index (χ2n) is 3.63. The van der Waals surface area contributed by atoms with E-state index in [0.717, 1.165) is 0 Å². The first-order valence-electron chi connectivity index (χ1n) is 5.06. The lowest BCUT2D eigenvalue weighted by Gasteiger charge is -2.11. The van der Waals surface area contributed by atoms with Gasteiger partial charge in [0.25, 0.3) is 10.2 Å². The van der Waals surface area contributed by atoms with Crippen molar-refractivity contribution in [2.24, 2.45) is 5.14 Å². The number of benzene rings is 1. The molecule has 0 spiro atoms. The molecule has 0 aliphatic heterocycles. The van der Waals surface area contributed by atoms with Gasteiger partial charge in [0.2, 0.25) is 10.0 Å². The maximum atomic E-state index is 11.5. The third kappa shape index (κ3) is 3.95. The van der Waals surface area contributed by atoms with Gasteiger partial charge in [-0.3, -0.25) is 4.72 Å². The minimum atomic E-state index is -3.79. The fraction of sp³-hybridized carbons (Fsp3) is 0.333. The summed E-state index contributed by atoms with van der Waals surface area (Å²) in [5.74, 6) is 0. The second kappa shape index (κ2) is 5.22. The number of nitrogens with two attached hydrogens (primary N) is 1. The van der Waals surface area contributed by atoms with Crippen molar-refractivity contribution >= 4 is 25.9 Å². The zero-order valence-corrected chi connectivity index (χ0v) is 11.6. The lowest BCUT2D eigenvalue weighted by atomic mass is 10.2. The van der Waals surface area contributed by atoms with E-state index in [1.807, 2.05) is 0 Å². The van der Waals surface area contributed by atoms with Crippen molar-refractivity contribution in [2.75, 3.05) is 11.3 Å². The second-order valence-corrected chi connectivity index (χ2v) is 6.69. The van der Waals surface area contributed by atoms with Crippen LogP contribution in [-0.2, 0) is 20.2 Å². The highest BCUT2D eigenvalue weighted by atomic mass is 32.2. The molecule has 0 fully saturated rings. The standard InChI is InChI=1S/C9H15N3O4S2/c1-3-11-18(15,16)12-9-5-4-8(6-7(9)2)17(10,13)14/h4-6,11-12H,3H2,1-2H3,(H2,10,13,14). The van der Waals surface area contributed by atoms with Gasteiger partial charge in [0.15, 0.2) is 0 Å². The molecule has 0 unspecified atom stereocenters. The maximum absolute atomic E-state index is 11.5. The van der Waals surface area contributed by atoms with Crippen LogP contribution < -0.4 is 14.6 Å². The molecule has 0 saturated carbocycles. The van der Waals surface area contributed by atoms with Gasteiger partial charge in [0.1, 0.15) is 0 Å². The molecular weight excluding hydrogens is 278 g/mol. The summed E-state index contributed by atoms with van der Waals surface area (Å²) < 4.78 is 49.7. The van der Waals surface area contributed by atoms with E-state index in [1.165, 1.54) is 18.2 Å². The molecule has 0 aliphatic rings. The van der Waals surface area contributed by atoms with Crippen molar-refractivity contribution in [2.45, 2.75) is 18.7 Å². The van der Waals surface area contributed by atoms with Crippen LogP contribution in [0.25, 0.3) is 0 Å². The normalized spacial score (nSPS) is 12.4. The van der Waals surface area contributed by atoms with Crippen LogP contribution in [0.4, 0.5) is 5.69 Å². The lowest BCUT2D eigenvalue weighted by Crippen LogP contribution is -2.30. The number of hydrogen-bond donors (Lipinski definition) is 3. The Morgan fingerprint density at radius 1 is 1.22 bits per heavy atom. The predicted octanol–water partition coefficient (Wildman–Crippen LogP) is -0.0914. The van der Waals surface area contributed by atoms with Crippen molar-refractivity contribution in [1.29, 1.82) is 0 Å². The van der Waals surface area contributed by atoms with Crippen molar-refractivity contribution < 1.29 is 16.8 Å². The van der Waals surface area contributed by atoms with E-state index in [4.69, 9.17) is 5.14 Å². The molecule has 1 aromatic carbocycles. The average molecular weight is 293 g/mol. The van der Waals surface area contributed by atoms with Gasteiger partial charge in [-0.1, -0.05) is 6.92 Å². The van der Waals surface area contributed by atoms with E-state index in [1.54, 1.807) is 13.8 Å². The molecule has 0 bridgehead atoms. The quantitative estimate of drug-likeness (QED) is 0.703.